The van der Waals surface area contributed by atoms with Crippen molar-refractivity contribution in [2.75, 3.05) is 26.9 Å². The number of hydrogen-bond donors (Lipinski definition) is 1. The van der Waals surface area contributed by atoms with E-state index in [9.17, 15) is 9.59 Å². The number of methoxy groups -OCH3 is 1. The monoisotopic (exact) mass is 447 g/mol. The zero-order valence-electron chi connectivity index (χ0n) is 18.7. The van der Waals surface area contributed by atoms with Crippen molar-refractivity contribution in [1.29, 1.82) is 0 Å². The standard InChI is InChI=1S/C27H29NO5/c1-31-24-14-8-9-15-25(24)32-19-17-27(30)33-20-26(29)28-18-16-23(21-10-4-2-5-11-21)22-12-6-3-7-13-22/h2-15,23H,16-20H2,1H3,(H,28,29). The zero-order chi connectivity index (χ0) is 23.3. The summed E-state index contributed by atoms with van der Waals surface area (Å²) >= 11 is 0. The van der Waals surface area contributed by atoms with E-state index >= 15 is 0 Å². The molecule has 3 rings (SSSR count). The molecule has 0 bridgehead atoms. The first-order valence-electron chi connectivity index (χ1n) is 11.0. The van der Waals surface area contributed by atoms with Gasteiger partial charge < -0.3 is 19.5 Å². The summed E-state index contributed by atoms with van der Waals surface area (Å²) in [6.07, 6.45) is 0.774. The number of esters is 1. The van der Waals surface area contributed by atoms with E-state index < -0.39 is 5.97 Å². The highest BCUT2D eigenvalue weighted by molar-refractivity contribution is 5.80. The lowest BCUT2D eigenvalue weighted by Crippen LogP contribution is -2.30. The molecule has 0 heterocycles. The smallest absolute Gasteiger partial charge is 0.309 e. The maximum absolute atomic E-state index is 12.1. The molecule has 0 atom stereocenters. The number of para-hydroxylation sites is 2. The van der Waals surface area contributed by atoms with Crippen molar-refractivity contribution in [2.24, 2.45) is 0 Å². The summed E-state index contributed by atoms with van der Waals surface area (Å²) in [6.45, 7) is 0.299. The highest BCUT2D eigenvalue weighted by Gasteiger charge is 2.15. The van der Waals surface area contributed by atoms with Gasteiger partial charge in [0, 0.05) is 12.5 Å². The second kappa shape index (κ2) is 12.9. The SMILES string of the molecule is COc1ccccc1OCCC(=O)OCC(=O)NCCC(c1ccccc1)c1ccccc1. The van der Waals surface area contributed by atoms with E-state index in [4.69, 9.17) is 14.2 Å². The first kappa shape index (κ1) is 23.9. The number of nitrogens with one attached hydrogen (secondary N) is 1. The minimum absolute atomic E-state index is 0.0371. The van der Waals surface area contributed by atoms with Crippen LogP contribution in [0.25, 0.3) is 0 Å². The van der Waals surface area contributed by atoms with Crippen molar-refractivity contribution < 1.29 is 23.8 Å². The summed E-state index contributed by atoms with van der Waals surface area (Å²) in [5.41, 5.74) is 2.39. The van der Waals surface area contributed by atoms with Gasteiger partial charge in [0.25, 0.3) is 5.91 Å². The summed E-state index contributed by atoms with van der Waals surface area (Å²) in [4.78, 5) is 24.1. The molecule has 3 aromatic rings. The molecular weight excluding hydrogens is 418 g/mol. The predicted octanol–water partition coefficient (Wildman–Crippen LogP) is 4.35. The lowest BCUT2D eigenvalue weighted by atomic mass is 9.88. The van der Waals surface area contributed by atoms with Gasteiger partial charge in [0.05, 0.1) is 20.1 Å². The lowest BCUT2D eigenvalue weighted by molar-refractivity contribution is -0.149. The number of amides is 1. The van der Waals surface area contributed by atoms with Gasteiger partial charge in [-0.3, -0.25) is 9.59 Å². The van der Waals surface area contributed by atoms with Gasteiger partial charge >= 0.3 is 5.97 Å². The van der Waals surface area contributed by atoms with Crippen LogP contribution in [0.15, 0.2) is 84.9 Å². The molecule has 0 aliphatic carbocycles. The van der Waals surface area contributed by atoms with Gasteiger partial charge in [0.2, 0.25) is 0 Å². The number of benzene rings is 3. The van der Waals surface area contributed by atoms with Crippen molar-refractivity contribution >= 4 is 11.9 Å². The van der Waals surface area contributed by atoms with Crippen molar-refractivity contribution in [3.05, 3.63) is 96.1 Å². The highest BCUT2D eigenvalue weighted by atomic mass is 16.5. The number of carbonyl (C=O) groups is 2. The van der Waals surface area contributed by atoms with Crippen molar-refractivity contribution in [2.45, 2.75) is 18.8 Å². The Hall–Kier alpha value is -3.80. The van der Waals surface area contributed by atoms with E-state index in [-0.39, 0.29) is 31.5 Å². The Morgan fingerprint density at radius 1 is 0.818 bits per heavy atom. The maximum Gasteiger partial charge on any atom is 0.309 e. The topological polar surface area (TPSA) is 73.9 Å². The number of hydrogen-bond acceptors (Lipinski definition) is 5. The van der Waals surface area contributed by atoms with E-state index in [1.165, 1.54) is 11.1 Å². The quantitative estimate of drug-likeness (QED) is 0.418. The maximum atomic E-state index is 12.1. The molecule has 0 aliphatic rings. The lowest BCUT2D eigenvalue weighted by Gasteiger charge is -2.18. The average molecular weight is 448 g/mol. The van der Waals surface area contributed by atoms with Crippen LogP contribution >= 0.6 is 0 Å². The molecule has 3 aromatic carbocycles. The summed E-state index contributed by atoms with van der Waals surface area (Å²) in [6, 6.07) is 27.6. The molecule has 0 unspecified atom stereocenters. The van der Waals surface area contributed by atoms with Crippen LogP contribution in [0.1, 0.15) is 29.9 Å². The summed E-state index contributed by atoms with van der Waals surface area (Å²) < 4.78 is 15.8. The van der Waals surface area contributed by atoms with Crippen LogP contribution in [0.4, 0.5) is 0 Å². The molecule has 172 valence electrons. The summed E-state index contributed by atoms with van der Waals surface area (Å²) in [7, 11) is 1.55. The summed E-state index contributed by atoms with van der Waals surface area (Å²) in [5.74, 6) is 0.495. The normalized spacial score (nSPS) is 10.5. The van der Waals surface area contributed by atoms with Gasteiger partial charge in [0.15, 0.2) is 18.1 Å². The van der Waals surface area contributed by atoms with E-state index in [1.54, 1.807) is 19.2 Å². The first-order valence-corrected chi connectivity index (χ1v) is 11.0. The van der Waals surface area contributed by atoms with E-state index in [0.717, 1.165) is 6.42 Å². The van der Waals surface area contributed by atoms with Crippen LogP contribution in [-0.2, 0) is 14.3 Å². The van der Waals surface area contributed by atoms with Crippen molar-refractivity contribution in [3.8, 4) is 11.5 Å². The van der Waals surface area contributed by atoms with Gasteiger partial charge in [-0.15, -0.1) is 0 Å². The fourth-order valence-electron chi connectivity index (χ4n) is 3.50. The van der Waals surface area contributed by atoms with Gasteiger partial charge in [-0.2, -0.15) is 0 Å². The van der Waals surface area contributed by atoms with Gasteiger partial charge in [-0.25, -0.2) is 0 Å². The Balaban J connectivity index is 1.39. The highest BCUT2D eigenvalue weighted by Crippen LogP contribution is 2.27. The third kappa shape index (κ3) is 7.68. The van der Waals surface area contributed by atoms with Crippen LogP contribution < -0.4 is 14.8 Å². The Kier molecular flexibility index (Phi) is 9.33. The zero-order valence-corrected chi connectivity index (χ0v) is 18.7. The minimum atomic E-state index is -0.494. The first-order chi connectivity index (χ1) is 16.2. The Morgan fingerprint density at radius 2 is 1.39 bits per heavy atom. The molecule has 6 heteroatoms. The molecule has 33 heavy (non-hydrogen) atoms. The summed E-state index contributed by atoms with van der Waals surface area (Å²) in [5, 5.41) is 2.84. The van der Waals surface area contributed by atoms with E-state index in [2.05, 4.69) is 29.6 Å². The molecule has 0 fully saturated rings. The largest absolute Gasteiger partial charge is 0.493 e. The fourth-order valence-corrected chi connectivity index (χ4v) is 3.50. The van der Waals surface area contributed by atoms with Crippen LogP contribution in [0.3, 0.4) is 0 Å². The molecular formula is C27H29NO5. The number of rotatable bonds is 12. The molecule has 6 nitrogen and oxygen atoms in total. The van der Waals surface area contributed by atoms with Crippen LogP contribution in [0.5, 0.6) is 11.5 Å². The average Bonchev–Trinajstić information content (AvgIpc) is 2.86. The molecule has 0 saturated heterocycles. The Morgan fingerprint density at radius 3 is 2.00 bits per heavy atom. The van der Waals surface area contributed by atoms with Gasteiger partial charge in [0.1, 0.15) is 0 Å². The molecule has 1 N–H and O–H groups in total. The molecule has 0 radical (unpaired) electrons. The van der Waals surface area contributed by atoms with Crippen molar-refractivity contribution in [3.63, 3.8) is 0 Å². The third-order valence-corrected chi connectivity index (χ3v) is 5.16. The molecule has 0 spiro atoms. The van der Waals surface area contributed by atoms with Gasteiger partial charge in [-0.1, -0.05) is 72.8 Å². The van der Waals surface area contributed by atoms with Crippen molar-refractivity contribution in [1.82, 2.24) is 5.32 Å². The Bertz CT molecular complexity index is 968. The molecule has 1 amide bonds. The van der Waals surface area contributed by atoms with E-state index in [0.29, 0.717) is 18.0 Å². The second-order valence-electron chi connectivity index (χ2n) is 7.42. The van der Waals surface area contributed by atoms with Crippen LogP contribution in [0.2, 0.25) is 0 Å². The molecule has 0 aliphatic heterocycles. The number of ether oxygens (including phenoxy) is 3. The third-order valence-electron chi connectivity index (χ3n) is 5.16. The number of carbonyl (C=O) groups excluding carboxylic acids is 2. The van der Waals surface area contributed by atoms with Crippen LogP contribution in [-0.4, -0.2) is 38.7 Å². The fraction of sp³-hybridized carbons (Fsp3) is 0.259. The molecule has 0 aromatic heterocycles. The minimum Gasteiger partial charge on any atom is -0.493 e. The van der Waals surface area contributed by atoms with Crippen LogP contribution in [0, 0.1) is 0 Å². The van der Waals surface area contributed by atoms with Gasteiger partial charge in [-0.05, 0) is 29.7 Å². The molecule has 0 saturated carbocycles. The second-order valence-corrected chi connectivity index (χ2v) is 7.42. The Labute approximate surface area is 194 Å². The van der Waals surface area contributed by atoms with E-state index in [1.807, 2.05) is 48.5 Å². The predicted molar refractivity (Wildman–Crippen MR) is 126 cm³/mol.